The van der Waals surface area contributed by atoms with Crippen molar-refractivity contribution in [2.75, 3.05) is 19.6 Å². The molecule has 1 N–H and O–H groups in total. The van der Waals surface area contributed by atoms with E-state index in [9.17, 15) is 0 Å². The summed E-state index contributed by atoms with van der Waals surface area (Å²) in [6.07, 6.45) is 3.75. The Morgan fingerprint density at radius 2 is 2.17 bits per heavy atom. The first-order valence-electron chi connectivity index (χ1n) is 6.48. The van der Waals surface area contributed by atoms with Gasteiger partial charge >= 0.3 is 0 Å². The van der Waals surface area contributed by atoms with Gasteiger partial charge in [-0.15, -0.1) is 23.7 Å². The Hall–Kier alpha value is 0.200. The average Bonchev–Trinajstić information content (AvgIpc) is 2.76. The van der Waals surface area contributed by atoms with Crippen LogP contribution in [0.4, 0.5) is 0 Å². The largest absolute Gasteiger partial charge is 0.317 e. The number of thiophene rings is 1. The standard InChI is InChI=1S/C13H21ClN2S.ClH/c1-2-8-16(11-3-6-15-7-4-11)10-13-12(14)5-9-17-13;/h5,9,11,15H,2-4,6-8,10H2,1H3;1H. The second kappa shape index (κ2) is 8.39. The zero-order chi connectivity index (χ0) is 12.1. The van der Waals surface area contributed by atoms with Crippen LogP contribution in [0.15, 0.2) is 11.4 Å². The molecular weight excluding hydrogens is 287 g/mol. The van der Waals surface area contributed by atoms with Crippen molar-refractivity contribution in [3.63, 3.8) is 0 Å². The smallest absolute Gasteiger partial charge is 0.0558 e. The molecule has 0 aromatic carbocycles. The minimum Gasteiger partial charge on any atom is -0.317 e. The van der Waals surface area contributed by atoms with Crippen molar-refractivity contribution >= 4 is 35.3 Å². The van der Waals surface area contributed by atoms with Crippen LogP contribution in [-0.2, 0) is 6.54 Å². The Kier molecular flexibility index (Phi) is 7.57. The predicted octanol–water partition coefficient (Wildman–Crippen LogP) is 3.79. The molecule has 0 radical (unpaired) electrons. The van der Waals surface area contributed by atoms with E-state index < -0.39 is 0 Å². The molecule has 0 atom stereocenters. The average molecular weight is 309 g/mol. The first-order valence-corrected chi connectivity index (χ1v) is 7.73. The van der Waals surface area contributed by atoms with E-state index in [4.69, 9.17) is 11.6 Å². The van der Waals surface area contributed by atoms with Gasteiger partial charge in [0.05, 0.1) is 5.02 Å². The van der Waals surface area contributed by atoms with Gasteiger partial charge in [0.1, 0.15) is 0 Å². The topological polar surface area (TPSA) is 15.3 Å². The van der Waals surface area contributed by atoms with Gasteiger partial charge in [0.25, 0.3) is 0 Å². The fourth-order valence-corrected chi connectivity index (χ4v) is 3.59. The molecule has 1 aromatic heterocycles. The van der Waals surface area contributed by atoms with Gasteiger partial charge in [0.2, 0.25) is 0 Å². The van der Waals surface area contributed by atoms with Crippen molar-refractivity contribution in [3.05, 3.63) is 21.3 Å². The fraction of sp³-hybridized carbons (Fsp3) is 0.692. The maximum absolute atomic E-state index is 6.19. The number of hydrogen-bond acceptors (Lipinski definition) is 3. The summed E-state index contributed by atoms with van der Waals surface area (Å²) in [5, 5.41) is 6.45. The van der Waals surface area contributed by atoms with Crippen LogP contribution in [0.25, 0.3) is 0 Å². The summed E-state index contributed by atoms with van der Waals surface area (Å²) in [7, 11) is 0. The number of halogens is 2. The molecule has 1 aliphatic rings. The third-order valence-corrected chi connectivity index (χ3v) is 4.75. The van der Waals surface area contributed by atoms with E-state index in [2.05, 4.69) is 22.5 Å². The van der Waals surface area contributed by atoms with Crippen molar-refractivity contribution in [1.82, 2.24) is 10.2 Å². The van der Waals surface area contributed by atoms with Crippen LogP contribution in [-0.4, -0.2) is 30.6 Å². The van der Waals surface area contributed by atoms with Crippen molar-refractivity contribution < 1.29 is 0 Å². The van der Waals surface area contributed by atoms with E-state index in [1.165, 1.54) is 30.7 Å². The number of rotatable bonds is 5. The molecule has 1 fully saturated rings. The highest BCUT2D eigenvalue weighted by Gasteiger charge is 2.21. The van der Waals surface area contributed by atoms with E-state index in [0.717, 1.165) is 30.7 Å². The quantitative estimate of drug-likeness (QED) is 0.890. The minimum atomic E-state index is 0. The lowest BCUT2D eigenvalue weighted by atomic mass is 10.0. The summed E-state index contributed by atoms with van der Waals surface area (Å²) in [4.78, 5) is 3.93. The molecule has 1 saturated heterocycles. The van der Waals surface area contributed by atoms with Gasteiger partial charge in [-0.2, -0.15) is 0 Å². The zero-order valence-corrected chi connectivity index (χ0v) is 13.2. The molecule has 0 aliphatic carbocycles. The van der Waals surface area contributed by atoms with Crippen molar-refractivity contribution in [1.29, 1.82) is 0 Å². The molecule has 0 saturated carbocycles. The third kappa shape index (κ3) is 4.39. The van der Waals surface area contributed by atoms with Crippen molar-refractivity contribution in [2.24, 2.45) is 0 Å². The summed E-state index contributed by atoms with van der Waals surface area (Å²) in [5.41, 5.74) is 0. The van der Waals surface area contributed by atoms with Crippen LogP contribution in [0.2, 0.25) is 5.02 Å². The van der Waals surface area contributed by atoms with Gasteiger partial charge < -0.3 is 5.32 Å². The van der Waals surface area contributed by atoms with Crippen LogP contribution in [0, 0.1) is 0 Å². The van der Waals surface area contributed by atoms with Gasteiger partial charge in [-0.1, -0.05) is 18.5 Å². The summed E-state index contributed by atoms with van der Waals surface area (Å²) in [5.74, 6) is 0. The Labute approximate surface area is 125 Å². The predicted molar refractivity (Wildman–Crippen MR) is 83.2 cm³/mol. The molecule has 18 heavy (non-hydrogen) atoms. The molecule has 2 nitrogen and oxygen atoms in total. The van der Waals surface area contributed by atoms with Crippen LogP contribution < -0.4 is 5.32 Å². The fourth-order valence-electron chi connectivity index (χ4n) is 2.47. The van der Waals surface area contributed by atoms with E-state index in [-0.39, 0.29) is 12.4 Å². The van der Waals surface area contributed by atoms with Gasteiger partial charge in [-0.3, -0.25) is 4.90 Å². The SMILES string of the molecule is CCCN(Cc1sccc1Cl)C1CCNCC1.Cl. The molecule has 0 spiro atoms. The summed E-state index contributed by atoms with van der Waals surface area (Å²) < 4.78 is 0. The van der Waals surface area contributed by atoms with Crippen LogP contribution >= 0.6 is 35.3 Å². The molecule has 104 valence electrons. The highest BCUT2D eigenvalue weighted by atomic mass is 35.5. The third-order valence-electron chi connectivity index (χ3n) is 3.37. The number of nitrogens with zero attached hydrogens (tertiary/aromatic N) is 1. The normalized spacial score (nSPS) is 16.8. The Morgan fingerprint density at radius 1 is 1.44 bits per heavy atom. The molecule has 1 aliphatic heterocycles. The first kappa shape index (κ1) is 16.3. The Balaban J connectivity index is 0.00000162. The lowest BCUT2D eigenvalue weighted by Crippen LogP contribution is -2.43. The van der Waals surface area contributed by atoms with Crippen LogP contribution in [0.5, 0.6) is 0 Å². The number of nitrogens with one attached hydrogen (secondary N) is 1. The van der Waals surface area contributed by atoms with Gasteiger partial charge in [-0.05, 0) is 50.3 Å². The van der Waals surface area contributed by atoms with Gasteiger partial charge in [0.15, 0.2) is 0 Å². The molecule has 2 rings (SSSR count). The lowest BCUT2D eigenvalue weighted by Gasteiger charge is -2.34. The van der Waals surface area contributed by atoms with Gasteiger partial charge in [0, 0.05) is 17.5 Å². The van der Waals surface area contributed by atoms with Crippen molar-refractivity contribution in [3.8, 4) is 0 Å². The lowest BCUT2D eigenvalue weighted by molar-refractivity contribution is 0.155. The van der Waals surface area contributed by atoms with E-state index >= 15 is 0 Å². The summed E-state index contributed by atoms with van der Waals surface area (Å²) in [6.45, 7) is 6.77. The second-order valence-corrected chi connectivity index (χ2v) is 6.05. The van der Waals surface area contributed by atoms with Crippen LogP contribution in [0.1, 0.15) is 31.1 Å². The number of piperidine rings is 1. The molecule has 0 unspecified atom stereocenters. The maximum atomic E-state index is 6.19. The highest BCUT2D eigenvalue weighted by molar-refractivity contribution is 7.10. The summed E-state index contributed by atoms with van der Waals surface area (Å²) in [6, 6.07) is 2.74. The minimum absolute atomic E-state index is 0. The monoisotopic (exact) mass is 308 g/mol. The van der Waals surface area contributed by atoms with E-state index in [0.29, 0.717) is 0 Å². The maximum Gasteiger partial charge on any atom is 0.0558 e. The number of hydrogen-bond donors (Lipinski definition) is 1. The van der Waals surface area contributed by atoms with E-state index in [1.807, 2.05) is 6.07 Å². The molecule has 0 bridgehead atoms. The van der Waals surface area contributed by atoms with Crippen LogP contribution in [0.3, 0.4) is 0 Å². The molecule has 5 heteroatoms. The second-order valence-electron chi connectivity index (χ2n) is 4.64. The molecule has 1 aromatic rings. The van der Waals surface area contributed by atoms with Crippen molar-refractivity contribution in [2.45, 2.75) is 38.8 Å². The summed E-state index contributed by atoms with van der Waals surface area (Å²) >= 11 is 7.97. The molecule has 2 heterocycles. The Morgan fingerprint density at radius 3 is 2.72 bits per heavy atom. The van der Waals surface area contributed by atoms with Gasteiger partial charge in [-0.25, -0.2) is 0 Å². The molecular formula is C13H22Cl2N2S. The Bertz CT molecular complexity index is 337. The first-order chi connectivity index (χ1) is 8.31. The zero-order valence-electron chi connectivity index (χ0n) is 10.8. The molecule has 0 amide bonds. The van der Waals surface area contributed by atoms with E-state index in [1.54, 1.807) is 11.3 Å². The highest BCUT2D eigenvalue weighted by Crippen LogP contribution is 2.25.